The molecule has 1 aromatic rings. The van der Waals surface area contributed by atoms with Gasteiger partial charge in [0, 0.05) is 18.8 Å². The van der Waals surface area contributed by atoms with Crippen molar-refractivity contribution in [2.75, 3.05) is 6.54 Å². The molecule has 4 heteroatoms. The van der Waals surface area contributed by atoms with Crippen molar-refractivity contribution in [2.24, 2.45) is 5.92 Å². The van der Waals surface area contributed by atoms with Crippen LogP contribution >= 0.6 is 23.2 Å². The van der Waals surface area contributed by atoms with E-state index in [0.29, 0.717) is 16.2 Å². The minimum atomic E-state index is 0.375. The number of pyridine rings is 1. The predicted molar refractivity (Wildman–Crippen MR) is 66.7 cm³/mol. The number of aromatic nitrogens is 1. The summed E-state index contributed by atoms with van der Waals surface area (Å²) in [5.74, 6) is 0.787. The molecule has 0 bridgehead atoms. The van der Waals surface area contributed by atoms with E-state index in [2.05, 4.69) is 16.4 Å². The van der Waals surface area contributed by atoms with E-state index >= 15 is 0 Å². The Morgan fingerprint density at radius 1 is 1.38 bits per heavy atom. The van der Waals surface area contributed by atoms with Crippen LogP contribution in [0.4, 0.5) is 0 Å². The van der Waals surface area contributed by atoms with Crippen LogP contribution in [0, 0.1) is 5.92 Å². The zero-order chi connectivity index (χ0) is 11.1. The highest BCUT2D eigenvalue weighted by molar-refractivity contribution is 6.41. The molecule has 3 rings (SSSR count). The van der Waals surface area contributed by atoms with Crippen molar-refractivity contribution in [3.8, 4) is 0 Å². The SMILES string of the molecule is Clc1cc(C2=CCC[C@H]3CN[C@@H]23)cnc1Cl. The number of halogens is 2. The second-order valence-corrected chi connectivity index (χ2v) is 5.14. The standard InChI is InChI=1S/C12H12Cl2N2/c13-10-4-8(6-16-12(10)14)9-3-1-2-7-5-15-11(7)9/h3-4,6-7,11,15H,1-2,5H2/t7-,11+/m0/s1. The van der Waals surface area contributed by atoms with Crippen molar-refractivity contribution in [1.82, 2.24) is 10.3 Å². The van der Waals surface area contributed by atoms with Gasteiger partial charge >= 0.3 is 0 Å². The first-order valence-corrected chi connectivity index (χ1v) is 6.26. The number of hydrogen-bond donors (Lipinski definition) is 1. The minimum Gasteiger partial charge on any atom is -0.309 e. The molecular weight excluding hydrogens is 243 g/mol. The third-order valence-electron chi connectivity index (χ3n) is 3.44. The number of allylic oxidation sites excluding steroid dienone is 1. The average Bonchev–Trinajstić information content (AvgIpc) is 2.24. The molecule has 1 N–H and O–H groups in total. The molecule has 2 heterocycles. The van der Waals surface area contributed by atoms with Gasteiger partial charge in [-0.15, -0.1) is 0 Å². The monoisotopic (exact) mass is 254 g/mol. The van der Waals surface area contributed by atoms with Crippen LogP contribution in [0.2, 0.25) is 10.2 Å². The molecule has 84 valence electrons. The van der Waals surface area contributed by atoms with Crippen LogP contribution < -0.4 is 5.32 Å². The van der Waals surface area contributed by atoms with Gasteiger partial charge in [-0.2, -0.15) is 0 Å². The normalized spacial score (nSPS) is 28.0. The maximum absolute atomic E-state index is 5.99. The molecule has 0 amide bonds. The van der Waals surface area contributed by atoms with Crippen molar-refractivity contribution >= 4 is 28.8 Å². The van der Waals surface area contributed by atoms with Crippen LogP contribution in [0.1, 0.15) is 18.4 Å². The Bertz CT molecular complexity index is 456. The highest BCUT2D eigenvalue weighted by Crippen LogP contribution is 2.36. The van der Waals surface area contributed by atoms with Gasteiger partial charge in [-0.05, 0) is 36.0 Å². The lowest BCUT2D eigenvalue weighted by molar-refractivity contribution is 0.262. The number of nitrogens with zero attached hydrogens (tertiary/aromatic N) is 1. The Hall–Kier alpha value is -0.570. The molecule has 0 radical (unpaired) electrons. The van der Waals surface area contributed by atoms with Crippen LogP contribution in [-0.2, 0) is 0 Å². The van der Waals surface area contributed by atoms with E-state index < -0.39 is 0 Å². The second-order valence-electron chi connectivity index (χ2n) is 4.38. The third-order valence-corrected chi connectivity index (χ3v) is 4.12. The van der Waals surface area contributed by atoms with Crippen LogP contribution in [0.15, 0.2) is 18.3 Å². The lowest BCUT2D eigenvalue weighted by atomic mass is 9.76. The van der Waals surface area contributed by atoms with E-state index in [4.69, 9.17) is 23.2 Å². The summed E-state index contributed by atoms with van der Waals surface area (Å²) in [7, 11) is 0. The van der Waals surface area contributed by atoms with E-state index in [1.54, 1.807) is 0 Å². The van der Waals surface area contributed by atoms with E-state index in [1.807, 2.05) is 12.3 Å². The predicted octanol–water partition coefficient (Wildman–Crippen LogP) is 3.15. The number of nitrogens with one attached hydrogen (secondary N) is 1. The molecule has 2 atom stereocenters. The van der Waals surface area contributed by atoms with Gasteiger partial charge in [0.1, 0.15) is 5.15 Å². The zero-order valence-electron chi connectivity index (χ0n) is 8.71. The Morgan fingerprint density at radius 3 is 2.94 bits per heavy atom. The van der Waals surface area contributed by atoms with Crippen LogP contribution in [-0.4, -0.2) is 17.6 Å². The molecule has 0 aromatic carbocycles. The van der Waals surface area contributed by atoms with Gasteiger partial charge < -0.3 is 5.32 Å². The zero-order valence-corrected chi connectivity index (χ0v) is 10.2. The van der Waals surface area contributed by atoms with Gasteiger partial charge in [0.2, 0.25) is 0 Å². The van der Waals surface area contributed by atoms with Crippen molar-refractivity contribution in [1.29, 1.82) is 0 Å². The van der Waals surface area contributed by atoms with Gasteiger partial charge in [0.15, 0.2) is 0 Å². The summed E-state index contributed by atoms with van der Waals surface area (Å²) >= 11 is 11.8. The van der Waals surface area contributed by atoms with E-state index in [0.717, 1.165) is 24.4 Å². The summed E-state index contributed by atoms with van der Waals surface area (Å²) in [5.41, 5.74) is 2.42. The first-order valence-electron chi connectivity index (χ1n) is 5.50. The Labute approximate surface area is 105 Å². The first kappa shape index (κ1) is 10.6. The Kier molecular flexibility index (Phi) is 2.66. The summed E-state index contributed by atoms with van der Waals surface area (Å²) in [6, 6.07) is 2.40. The lowest BCUT2D eigenvalue weighted by Gasteiger charge is -2.42. The molecule has 2 nitrogen and oxygen atoms in total. The van der Waals surface area contributed by atoms with Crippen LogP contribution in [0.3, 0.4) is 0 Å². The maximum Gasteiger partial charge on any atom is 0.147 e. The lowest BCUT2D eigenvalue weighted by Crippen LogP contribution is -2.54. The minimum absolute atomic E-state index is 0.375. The summed E-state index contributed by atoms with van der Waals surface area (Å²) in [6.07, 6.45) is 6.53. The Balaban J connectivity index is 1.96. The molecule has 2 aliphatic rings. The summed E-state index contributed by atoms with van der Waals surface area (Å²) in [4.78, 5) is 4.10. The van der Waals surface area contributed by atoms with Crippen molar-refractivity contribution in [3.63, 3.8) is 0 Å². The van der Waals surface area contributed by atoms with Gasteiger partial charge in [-0.3, -0.25) is 0 Å². The van der Waals surface area contributed by atoms with E-state index in [9.17, 15) is 0 Å². The highest BCUT2D eigenvalue weighted by atomic mass is 35.5. The fourth-order valence-corrected chi connectivity index (χ4v) is 2.76. The van der Waals surface area contributed by atoms with E-state index in [-0.39, 0.29) is 0 Å². The molecule has 0 spiro atoms. The van der Waals surface area contributed by atoms with Crippen LogP contribution in [0.5, 0.6) is 0 Å². The van der Waals surface area contributed by atoms with Gasteiger partial charge in [0.25, 0.3) is 0 Å². The summed E-state index contributed by atoms with van der Waals surface area (Å²) in [5, 5.41) is 4.36. The quantitative estimate of drug-likeness (QED) is 0.780. The smallest absolute Gasteiger partial charge is 0.147 e. The van der Waals surface area contributed by atoms with Crippen molar-refractivity contribution in [3.05, 3.63) is 34.1 Å². The van der Waals surface area contributed by atoms with Gasteiger partial charge in [0.05, 0.1) is 5.02 Å². The average molecular weight is 255 g/mol. The largest absolute Gasteiger partial charge is 0.309 e. The molecule has 1 fully saturated rings. The fraction of sp³-hybridized carbons (Fsp3) is 0.417. The summed E-state index contributed by atoms with van der Waals surface area (Å²) < 4.78 is 0. The first-order chi connectivity index (χ1) is 7.75. The number of fused-ring (bicyclic) bond motifs is 1. The molecule has 0 unspecified atom stereocenters. The van der Waals surface area contributed by atoms with Crippen molar-refractivity contribution in [2.45, 2.75) is 18.9 Å². The van der Waals surface area contributed by atoms with Crippen LogP contribution in [0.25, 0.3) is 5.57 Å². The maximum atomic E-state index is 5.99. The molecule has 1 aromatic heterocycles. The number of hydrogen-bond acceptors (Lipinski definition) is 2. The number of rotatable bonds is 1. The highest BCUT2D eigenvalue weighted by Gasteiger charge is 2.35. The third kappa shape index (κ3) is 1.65. The molecule has 16 heavy (non-hydrogen) atoms. The molecule has 1 aliphatic heterocycles. The Morgan fingerprint density at radius 2 is 2.25 bits per heavy atom. The molecule has 0 saturated carbocycles. The van der Waals surface area contributed by atoms with Gasteiger partial charge in [-0.1, -0.05) is 29.3 Å². The molecule has 1 aliphatic carbocycles. The van der Waals surface area contributed by atoms with Gasteiger partial charge in [-0.25, -0.2) is 4.98 Å². The summed E-state index contributed by atoms with van der Waals surface area (Å²) in [6.45, 7) is 1.14. The van der Waals surface area contributed by atoms with E-state index in [1.165, 1.54) is 12.0 Å². The molecular formula is C12H12Cl2N2. The van der Waals surface area contributed by atoms with Crippen molar-refractivity contribution < 1.29 is 0 Å². The molecule has 1 saturated heterocycles. The topological polar surface area (TPSA) is 24.9 Å². The second kappa shape index (κ2) is 4.02. The fourth-order valence-electron chi connectivity index (χ4n) is 2.49.